The van der Waals surface area contributed by atoms with Crippen molar-refractivity contribution in [3.63, 3.8) is 0 Å². The summed E-state index contributed by atoms with van der Waals surface area (Å²) in [4.78, 5) is 15.7. The SMILES string of the molecule is CC1(CNC(=O)c2nc(Cl)ccc2Cl)CC1. The predicted molar refractivity (Wildman–Crippen MR) is 63.9 cm³/mol. The Kier molecular flexibility index (Phi) is 3.08. The number of nitrogens with one attached hydrogen (secondary N) is 1. The van der Waals surface area contributed by atoms with E-state index in [0.29, 0.717) is 11.6 Å². The van der Waals surface area contributed by atoms with Crippen molar-refractivity contribution >= 4 is 29.1 Å². The third-order valence-electron chi connectivity index (χ3n) is 2.81. The zero-order valence-electron chi connectivity index (χ0n) is 8.89. The molecule has 1 heterocycles. The molecule has 1 aliphatic rings. The molecule has 1 aromatic heterocycles. The van der Waals surface area contributed by atoms with E-state index in [9.17, 15) is 4.79 Å². The van der Waals surface area contributed by atoms with E-state index in [-0.39, 0.29) is 22.2 Å². The van der Waals surface area contributed by atoms with Crippen LogP contribution in [0.3, 0.4) is 0 Å². The maximum atomic E-state index is 11.8. The van der Waals surface area contributed by atoms with Gasteiger partial charge in [0.1, 0.15) is 10.8 Å². The summed E-state index contributed by atoms with van der Waals surface area (Å²) >= 11 is 11.6. The number of carbonyl (C=O) groups is 1. The molecule has 0 bridgehead atoms. The van der Waals surface area contributed by atoms with Gasteiger partial charge in [0.15, 0.2) is 0 Å². The molecular formula is C11H12Cl2N2O. The summed E-state index contributed by atoms with van der Waals surface area (Å²) in [6.07, 6.45) is 2.31. The van der Waals surface area contributed by atoms with Gasteiger partial charge in [-0.3, -0.25) is 4.79 Å². The van der Waals surface area contributed by atoms with Gasteiger partial charge in [0, 0.05) is 6.54 Å². The second-order valence-electron chi connectivity index (χ2n) is 4.46. The number of rotatable bonds is 3. The summed E-state index contributed by atoms with van der Waals surface area (Å²) < 4.78 is 0. The molecule has 5 heteroatoms. The fourth-order valence-corrected chi connectivity index (χ4v) is 1.68. The number of amides is 1. The van der Waals surface area contributed by atoms with E-state index in [1.165, 1.54) is 0 Å². The number of halogens is 2. The molecule has 1 aliphatic carbocycles. The molecule has 1 aromatic rings. The molecule has 16 heavy (non-hydrogen) atoms. The minimum Gasteiger partial charge on any atom is -0.350 e. The number of hydrogen-bond donors (Lipinski definition) is 1. The van der Waals surface area contributed by atoms with Gasteiger partial charge in [0.2, 0.25) is 0 Å². The van der Waals surface area contributed by atoms with Gasteiger partial charge >= 0.3 is 0 Å². The van der Waals surface area contributed by atoms with Gasteiger partial charge in [-0.25, -0.2) is 4.98 Å². The molecule has 0 aromatic carbocycles. The quantitative estimate of drug-likeness (QED) is 0.848. The lowest BCUT2D eigenvalue weighted by atomic mass is 10.1. The fourth-order valence-electron chi connectivity index (χ4n) is 1.35. The average molecular weight is 259 g/mol. The standard InChI is InChI=1S/C11H12Cl2N2O/c1-11(4-5-11)6-14-10(16)9-7(12)2-3-8(13)15-9/h2-3H,4-6H2,1H3,(H,14,16). The number of nitrogens with zero attached hydrogens (tertiary/aromatic N) is 1. The third kappa shape index (κ3) is 2.66. The maximum Gasteiger partial charge on any atom is 0.271 e. The molecule has 0 radical (unpaired) electrons. The van der Waals surface area contributed by atoms with E-state index >= 15 is 0 Å². The number of hydrogen-bond acceptors (Lipinski definition) is 2. The van der Waals surface area contributed by atoms with Gasteiger partial charge < -0.3 is 5.32 Å². The van der Waals surface area contributed by atoms with Crippen molar-refractivity contribution in [1.29, 1.82) is 0 Å². The zero-order valence-corrected chi connectivity index (χ0v) is 10.4. The van der Waals surface area contributed by atoms with Crippen LogP contribution in [0.5, 0.6) is 0 Å². The molecule has 0 aliphatic heterocycles. The van der Waals surface area contributed by atoms with E-state index < -0.39 is 0 Å². The molecule has 1 fully saturated rings. The number of aromatic nitrogens is 1. The van der Waals surface area contributed by atoms with Crippen LogP contribution in [-0.2, 0) is 0 Å². The van der Waals surface area contributed by atoms with Gasteiger partial charge in [0.25, 0.3) is 5.91 Å². The molecule has 0 spiro atoms. The van der Waals surface area contributed by atoms with Gasteiger partial charge in [0.05, 0.1) is 5.02 Å². The van der Waals surface area contributed by atoms with Crippen LogP contribution in [0, 0.1) is 5.41 Å². The Balaban J connectivity index is 2.05. The van der Waals surface area contributed by atoms with E-state index in [2.05, 4.69) is 17.2 Å². The highest BCUT2D eigenvalue weighted by Gasteiger charge is 2.37. The molecule has 1 N–H and O–H groups in total. The van der Waals surface area contributed by atoms with E-state index in [4.69, 9.17) is 23.2 Å². The van der Waals surface area contributed by atoms with Crippen molar-refractivity contribution in [3.05, 3.63) is 28.0 Å². The first-order valence-electron chi connectivity index (χ1n) is 5.10. The molecule has 2 rings (SSSR count). The lowest BCUT2D eigenvalue weighted by Crippen LogP contribution is -2.29. The monoisotopic (exact) mass is 258 g/mol. The van der Waals surface area contributed by atoms with Crippen LogP contribution in [0.2, 0.25) is 10.2 Å². The highest BCUT2D eigenvalue weighted by molar-refractivity contribution is 6.34. The lowest BCUT2D eigenvalue weighted by molar-refractivity contribution is 0.0941. The van der Waals surface area contributed by atoms with Gasteiger partial charge in [-0.1, -0.05) is 30.1 Å². The summed E-state index contributed by atoms with van der Waals surface area (Å²) in [6, 6.07) is 3.13. The summed E-state index contributed by atoms with van der Waals surface area (Å²) in [5.41, 5.74) is 0.458. The smallest absolute Gasteiger partial charge is 0.271 e. The molecule has 1 saturated carbocycles. The van der Waals surface area contributed by atoms with E-state index in [1.54, 1.807) is 12.1 Å². The van der Waals surface area contributed by atoms with Crippen LogP contribution in [0.1, 0.15) is 30.3 Å². The largest absolute Gasteiger partial charge is 0.350 e. The molecule has 0 saturated heterocycles. The Bertz CT molecular complexity index is 430. The van der Waals surface area contributed by atoms with Gasteiger partial charge in [-0.05, 0) is 30.4 Å². The fraction of sp³-hybridized carbons (Fsp3) is 0.455. The van der Waals surface area contributed by atoms with Crippen LogP contribution in [0.25, 0.3) is 0 Å². The zero-order chi connectivity index (χ0) is 11.8. The maximum absolute atomic E-state index is 11.8. The first-order chi connectivity index (χ1) is 7.50. The molecule has 86 valence electrons. The van der Waals surface area contributed by atoms with Crippen LogP contribution in [0.4, 0.5) is 0 Å². The number of pyridine rings is 1. The molecule has 3 nitrogen and oxygen atoms in total. The van der Waals surface area contributed by atoms with Crippen LogP contribution >= 0.6 is 23.2 Å². The van der Waals surface area contributed by atoms with Crippen molar-refractivity contribution in [2.24, 2.45) is 5.41 Å². The Labute approximate surface area is 104 Å². The first-order valence-corrected chi connectivity index (χ1v) is 5.86. The molecule has 1 amide bonds. The summed E-state index contributed by atoms with van der Waals surface area (Å²) in [5, 5.41) is 3.42. The second-order valence-corrected chi connectivity index (χ2v) is 5.25. The van der Waals surface area contributed by atoms with Crippen LogP contribution in [0.15, 0.2) is 12.1 Å². The van der Waals surface area contributed by atoms with Crippen LogP contribution < -0.4 is 5.32 Å². The highest BCUT2D eigenvalue weighted by Crippen LogP contribution is 2.44. The normalized spacial score (nSPS) is 16.9. The lowest BCUT2D eigenvalue weighted by Gasteiger charge is -2.10. The minimum absolute atomic E-state index is 0.193. The Morgan fingerprint density at radius 1 is 1.50 bits per heavy atom. The van der Waals surface area contributed by atoms with Crippen molar-refractivity contribution in [2.75, 3.05) is 6.54 Å². The topological polar surface area (TPSA) is 42.0 Å². The predicted octanol–water partition coefficient (Wildman–Crippen LogP) is 2.92. The molecule has 0 atom stereocenters. The second kappa shape index (κ2) is 4.22. The Hall–Kier alpha value is -0.800. The number of carbonyl (C=O) groups excluding carboxylic acids is 1. The summed E-state index contributed by atoms with van der Waals surface area (Å²) in [5.74, 6) is -0.263. The van der Waals surface area contributed by atoms with E-state index in [1.807, 2.05) is 0 Å². The summed E-state index contributed by atoms with van der Waals surface area (Å²) in [7, 11) is 0. The van der Waals surface area contributed by atoms with Crippen molar-refractivity contribution in [1.82, 2.24) is 10.3 Å². The van der Waals surface area contributed by atoms with Gasteiger partial charge in [-0.15, -0.1) is 0 Å². The highest BCUT2D eigenvalue weighted by atomic mass is 35.5. The average Bonchev–Trinajstić information content (AvgIpc) is 2.97. The Morgan fingerprint density at radius 2 is 2.19 bits per heavy atom. The first kappa shape index (κ1) is 11.7. The van der Waals surface area contributed by atoms with E-state index in [0.717, 1.165) is 12.8 Å². The Morgan fingerprint density at radius 3 is 2.81 bits per heavy atom. The third-order valence-corrected chi connectivity index (χ3v) is 3.32. The molecular weight excluding hydrogens is 247 g/mol. The van der Waals surface area contributed by atoms with Gasteiger partial charge in [-0.2, -0.15) is 0 Å². The van der Waals surface area contributed by atoms with Crippen molar-refractivity contribution in [3.8, 4) is 0 Å². The van der Waals surface area contributed by atoms with Crippen molar-refractivity contribution in [2.45, 2.75) is 19.8 Å². The summed E-state index contributed by atoms with van der Waals surface area (Å²) in [6.45, 7) is 2.80. The van der Waals surface area contributed by atoms with Crippen molar-refractivity contribution < 1.29 is 4.79 Å². The minimum atomic E-state index is -0.263. The molecule has 0 unspecified atom stereocenters. The van der Waals surface area contributed by atoms with Crippen LogP contribution in [-0.4, -0.2) is 17.4 Å².